The van der Waals surface area contributed by atoms with Crippen LogP contribution in [0.25, 0.3) is 0 Å². The Kier molecular flexibility index (Phi) is 3.71. The van der Waals surface area contributed by atoms with Crippen LogP contribution in [0.3, 0.4) is 0 Å². The molecule has 1 fully saturated rings. The average molecular weight is 197 g/mol. The lowest BCUT2D eigenvalue weighted by Crippen LogP contribution is -2.42. The van der Waals surface area contributed by atoms with E-state index in [2.05, 4.69) is 25.7 Å². The summed E-state index contributed by atoms with van der Waals surface area (Å²) in [5.41, 5.74) is 0.239. The fourth-order valence-electron chi connectivity index (χ4n) is 2.03. The van der Waals surface area contributed by atoms with Gasteiger partial charge in [-0.2, -0.15) is 0 Å². The smallest absolute Gasteiger partial charge is 0.149 e. The predicted molar refractivity (Wildman–Crippen MR) is 59.3 cm³/mol. The van der Waals surface area contributed by atoms with Crippen molar-refractivity contribution in [2.24, 2.45) is 5.92 Å². The lowest BCUT2D eigenvalue weighted by atomic mass is 9.99. The van der Waals surface area contributed by atoms with E-state index >= 15 is 0 Å². The van der Waals surface area contributed by atoms with Gasteiger partial charge >= 0.3 is 0 Å². The molecule has 1 aliphatic heterocycles. The second-order valence-corrected chi connectivity index (χ2v) is 5.11. The van der Waals surface area contributed by atoms with E-state index in [1.54, 1.807) is 0 Å². The van der Waals surface area contributed by atoms with Gasteiger partial charge in [-0.15, -0.1) is 0 Å². The first-order chi connectivity index (χ1) is 6.47. The third-order valence-corrected chi connectivity index (χ3v) is 3.58. The Balaban J connectivity index is 2.48. The van der Waals surface area contributed by atoms with E-state index < -0.39 is 0 Å². The average Bonchev–Trinajstić information content (AvgIpc) is 2.44. The van der Waals surface area contributed by atoms with E-state index in [1.807, 2.05) is 6.92 Å². The summed E-state index contributed by atoms with van der Waals surface area (Å²) in [4.78, 5) is 14.1. The molecular weight excluding hydrogens is 174 g/mol. The SMILES string of the molecule is CCC(C)C(=O)CN1CCCC1(C)C. The van der Waals surface area contributed by atoms with E-state index in [0.29, 0.717) is 12.3 Å². The Hall–Kier alpha value is -0.370. The zero-order chi connectivity index (χ0) is 10.8. The van der Waals surface area contributed by atoms with Crippen molar-refractivity contribution in [3.8, 4) is 0 Å². The summed E-state index contributed by atoms with van der Waals surface area (Å²) in [7, 11) is 0. The van der Waals surface area contributed by atoms with Gasteiger partial charge < -0.3 is 0 Å². The highest BCUT2D eigenvalue weighted by Crippen LogP contribution is 2.28. The van der Waals surface area contributed by atoms with Crippen molar-refractivity contribution in [2.45, 2.75) is 52.5 Å². The maximum absolute atomic E-state index is 11.8. The predicted octanol–water partition coefficient (Wildman–Crippen LogP) is 2.48. The molecule has 1 rings (SSSR count). The summed E-state index contributed by atoms with van der Waals surface area (Å²) in [5.74, 6) is 0.633. The number of likely N-dealkylation sites (tertiary alicyclic amines) is 1. The number of carbonyl (C=O) groups excluding carboxylic acids is 1. The Morgan fingerprint density at radius 2 is 2.14 bits per heavy atom. The van der Waals surface area contributed by atoms with Gasteiger partial charge in [-0.3, -0.25) is 9.69 Å². The molecule has 0 aromatic rings. The van der Waals surface area contributed by atoms with Crippen molar-refractivity contribution in [1.29, 1.82) is 0 Å². The summed E-state index contributed by atoms with van der Waals surface area (Å²) in [6.45, 7) is 10.3. The van der Waals surface area contributed by atoms with Crippen LogP contribution in [0.2, 0.25) is 0 Å². The maximum Gasteiger partial charge on any atom is 0.149 e. The zero-order valence-corrected chi connectivity index (χ0v) is 9.97. The number of hydrogen-bond acceptors (Lipinski definition) is 2. The molecule has 0 amide bonds. The molecule has 2 heteroatoms. The topological polar surface area (TPSA) is 20.3 Å². The summed E-state index contributed by atoms with van der Waals surface area (Å²) < 4.78 is 0. The van der Waals surface area contributed by atoms with Gasteiger partial charge in [0, 0.05) is 11.5 Å². The van der Waals surface area contributed by atoms with Crippen molar-refractivity contribution in [1.82, 2.24) is 4.90 Å². The Labute approximate surface area is 87.7 Å². The number of ketones is 1. The Bertz CT molecular complexity index is 210. The van der Waals surface area contributed by atoms with Crippen LogP contribution < -0.4 is 0 Å². The molecule has 0 saturated carbocycles. The monoisotopic (exact) mass is 197 g/mol. The largest absolute Gasteiger partial charge is 0.298 e. The van der Waals surface area contributed by atoms with Crippen molar-refractivity contribution in [3.63, 3.8) is 0 Å². The highest BCUT2D eigenvalue weighted by atomic mass is 16.1. The molecule has 0 bridgehead atoms. The zero-order valence-electron chi connectivity index (χ0n) is 9.97. The number of hydrogen-bond donors (Lipinski definition) is 0. The van der Waals surface area contributed by atoms with Gasteiger partial charge in [-0.1, -0.05) is 13.8 Å². The molecular formula is C12H23NO. The molecule has 0 radical (unpaired) electrons. The molecule has 82 valence electrons. The van der Waals surface area contributed by atoms with Gasteiger partial charge in [0.15, 0.2) is 0 Å². The highest BCUT2D eigenvalue weighted by molar-refractivity contribution is 5.82. The van der Waals surface area contributed by atoms with Crippen LogP contribution in [0.5, 0.6) is 0 Å². The van der Waals surface area contributed by atoms with Crippen LogP contribution in [0.1, 0.15) is 47.0 Å². The normalized spacial score (nSPS) is 23.7. The third kappa shape index (κ3) is 2.57. The first-order valence-electron chi connectivity index (χ1n) is 5.75. The van der Waals surface area contributed by atoms with Crippen LogP contribution in [-0.4, -0.2) is 29.3 Å². The lowest BCUT2D eigenvalue weighted by Gasteiger charge is -2.31. The van der Waals surface area contributed by atoms with E-state index in [4.69, 9.17) is 0 Å². The second kappa shape index (κ2) is 4.43. The van der Waals surface area contributed by atoms with Gasteiger partial charge in [0.25, 0.3) is 0 Å². The summed E-state index contributed by atoms with van der Waals surface area (Å²) in [5, 5.41) is 0. The van der Waals surface area contributed by atoms with E-state index in [-0.39, 0.29) is 11.5 Å². The van der Waals surface area contributed by atoms with E-state index in [1.165, 1.54) is 12.8 Å². The minimum absolute atomic E-state index is 0.228. The molecule has 0 aromatic carbocycles. The van der Waals surface area contributed by atoms with Gasteiger partial charge in [-0.05, 0) is 39.7 Å². The molecule has 1 saturated heterocycles. The number of rotatable bonds is 4. The van der Waals surface area contributed by atoms with Crippen LogP contribution in [0, 0.1) is 5.92 Å². The first kappa shape index (κ1) is 11.7. The molecule has 0 aromatic heterocycles. The quantitative estimate of drug-likeness (QED) is 0.690. The maximum atomic E-state index is 11.8. The molecule has 14 heavy (non-hydrogen) atoms. The minimum Gasteiger partial charge on any atom is -0.298 e. The first-order valence-corrected chi connectivity index (χ1v) is 5.75. The second-order valence-electron chi connectivity index (χ2n) is 5.11. The molecule has 1 unspecified atom stereocenters. The van der Waals surface area contributed by atoms with Gasteiger partial charge in [0.05, 0.1) is 6.54 Å². The standard InChI is InChI=1S/C12H23NO/c1-5-10(2)11(14)9-13-8-6-7-12(13,3)4/h10H,5-9H2,1-4H3. The fourth-order valence-corrected chi connectivity index (χ4v) is 2.03. The van der Waals surface area contributed by atoms with Crippen LogP contribution >= 0.6 is 0 Å². The van der Waals surface area contributed by atoms with Gasteiger partial charge in [-0.25, -0.2) is 0 Å². The molecule has 0 aliphatic carbocycles. The summed E-state index contributed by atoms with van der Waals surface area (Å²) >= 11 is 0. The molecule has 0 N–H and O–H groups in total. The minimum atomic E-state index is 0.228. The summed E-state index contributed by atoms with van der Waals surface area (Å²) in [6.07, 6.45) is 3.43. The molecule has 1 heterocycles. The number of Topliss-reactive ketones (excluding diaryl/α,β-unsaturated/α-hetero) is 1. The van der Waals surface area contributed by atoms with Crippen LogP contribution in [0.4, 0.5) is 0 Å². The molecule has 1 aliphatic rings. The fraction of sp³-hybridized carbons (Fsp3) is 0.917. The third-order valence-electron chi connectivity index (χ3n) is 3.58. The van der Waals surface area contributed by atoms with E-state index in [0.717, 1.165) is 13.0 Å². The molecule has 1 atom stereocenters. The number of carbonyl (C=O) groups is 1. The lowest BCUT2D eigenvalue weighted by molar-refractivity contribution is -0.124. The van der Waals surface area contributed by atoms with Crippen molar-refractivity contribution >= 4 is 5.78 Å². The van der Waals surface area contributed by atoms with Gasteiger partial charge in [0.2, 0.25) is 0 Å². The van der Waals surface area contributed by atoms with Crippen LogP contribution in [0.15, 0.2) is 0 Å². The van der Waals surface area contributed by atoms with E-state index in [9.17, 15) is 4.79 Å². The van der Waals surface area contributed by atoms with Crippen molar-refractivity contribution < 1.29 is 4.79 Å². The Morgan fingerprint density at radius 1 is 1.50 bits per heavy atom. The Morgan fingerprint density at radius 3 is 2.57 bits per heavy atom. The van der Waals surface area contributed by atoms with Crippen molar-refractivity contribution in [2.75, 3.05) is 13.1 Å². The molecule has 2 nitrogen and oxygen atoms in total. The van der Waals surface area contributed by atoms with Crippen molar-refractivity contribution in [3.05, 3.63) is 0 Å². The van der Waals surface area contributed by atoms with Crippen LogP contribution in [-0.2, 0) is 4.79 Å². The number of nitrogens with zero attached hydrogens (tertiary/aromatic N) is 1. The van der Waals surface area contributed by atoms with Gasteiger partial charge in [0.1, 0.15) is 5.78 Å². The highest BCUT2D eigenvalue weighted by Gasteiger charge is 2.33. The molecule has 0 spiro atoms. The summed E-state index contributed by atoms with van der Waals surface area (Å²) in [6, 6.07) is 0.